The van der Waals surface area contributed by atoms with Crippen molar-refractivity contribution in [2.24, 2.45) is 0 Å². The summed E-state index contributed by atoms with van der Waals surface area (Å²) in [6.07, 6.45) is 2.34. The summed E-state index contributed by atoms with van der Waals surface area (Å²) in [5.74, 6) is 0.121. The molecular formula is C9H15ClO2S. The number of rotatable bonds is 7. The first-order chi connectivity index (χ1) is 6.24. The zero-order chi connectivity index (χ0) is 10.1. The number of carbonyl (C=O) groups is 1. The second-order valence-corrected chi connectivity index (χ2v) is 3.92. The molecule has 0 aliphatic rings. The number of thioether (sulfide) groups is 1. The molecular weight excluding hydrogens is 208 g/mol. The van der Waals surface area contributed by atoms with Crippen molar-refractivity contribution >= 4 is 29.3 Å². The van der Waals surface area contributed by atoms with Crippen LogP contribution in [0.1, 0.15) is 26.2 Å². The van der Waals surface area contributed by atoms with Gasteiger partial charge in [0.15, 0.2) is 5.44 Å². The summed E-state index contributed by atoms with van der Waals surface area (Å²) in [6.45, 7) is 5.56. The molecule has 1 unspecified atom stereocenters. The lowest BCUT2D eigenvalue weighted by atomic mass is 10.2. The number of hydrogen-bond acceptors (Lipinski definition) is 3. The summed E-state index contributed by atoms with van der Waals surface area (Å²) in [5.41, 5.74) is -0.288. The summed E-state index contributed by atoms with van der Waals surface area (Å²) < 4.78 is 5.06. The number of alkyl halides is 1. The smallest absolute Gasteiger partial charge is 0.306 e. The van der Waals surface area contributed by atoms with Crippen molar-refractivity contribution in [2.45, 2.75) is 31.6 Å². The fourth-order valence-electron chi connectivity index (χ4n) is 0.730. The highest BCUT2D eigenvalue weighted by Crippen LogP contribution is 2.15. The number of ether oxygens (including phenoxy) is 1. The van der Waals surface area contributed by atoms with Crippen molar-refractivity contribution in [3.05, 3.63) is 12.0 Å². The van der Waals surface area contributed by atoms with Crippen LogP contribution in [-0.2, 0) is 9.53 Å². The van der Waals surface area contributed by atoms with Crippen molar-refractivity contribution in [1.82, 2.24) is 0 Å². The van der Waals surface area contributed by atoms with E-state index in [4.69, 9.17) is 16.3 Å². The van der Waals surface area contributed by atoms with Gasteiger partial charge in [-0.1, -0.05) is 31.7 Å². The molecule has 0 aliphatic heterocycles. The molecule has 0 bridgehead atoms. The van der Waals surface area contributed by atoms with Crippen molar-refractivity contribution in [3.63, 3.8) is 0 Å². The van der Waals surface area contributed by atoms with Gasteiger partial charge in [0.1, 0.15) is 0 Å². The normalized spacial score (nSPS) is 12.2. The highest BCUT2D eigenvalue weighted by atomic mass is 35.5. The van der Waals surface area contributed by atoms with Gasteiger partial charge in [-0.3, -0.25) is 4.79 Å². The maximum atomic E-state index is 11.1. The second kappa shape index (κ2) is 8.45. The minimum atomic E-state index is -0.288. The van der Waals surface area contributed by atoms with Gasteiger partial charge in [-0.25, -0.2) is 0 Å². The molecule has 0 fully saturated rings. The highest BCUT2D eigenvalue weighted by molar-refractivity contribution is 8.02. The molecule has 0 amide bonds. The van der Waals surface area contributed by atoms with E-state index in [0.717, 1.165) is 12.8 Å². The van der Waals surface area contributed by atoms with E-state index in [2.05, 4.69) is 6.58 Å². The van der Waals surface area contributed by atoms with E-state index < -0.39 is 0 Å². The third kappa shape index (κ3) is 6.96. The summed E-state index contributed by atoms with van der Waals surface area (Å²) >= 11 is 6.91. The van der Waals surface area contributed by atoms with Crippen LogP contribution in [0.4, 0.5) is 0 Å². The van der Waals surface area contributed by atoms with E-state index in [0.29, 0.717) is 12.3 Å². The lowest BCUT2D eigenvalue weighted by Crippen LogP contribution is -2.15. The standard InChI is InChI=1S/C9H15ClO2S/c1-3-5-6-8(11)12-9(7-10)13-4-2/h4,9H,2-3,5-7H2,1H3. The summed E-state index contributed by atoms with van der Waals surface area (Å²) in [4.78, 5) is 11.1. The summed E-state index contributed by atoms with van der Waals surface area (Å²) in [5, 5.41) is 1.63. The van der Waals surface area contributed by atoms with Crippen LogP contribution in [0.3, 0.4) is 0 Å². The number of unbranched alkanes of at least 4 members (excludes halogenated alkanes) is 1. The zero-order valence-electron chi connectivity index (χ0n) is 7.79. The first-order valence-corrected chi connectivity index (χ1v) is 5.74. The molecule has 0 rings (SSSR count). The Bertz CT molecular complexity index is 162. The SMILES string of the molecule is C=CSC(CCl)OC(=O)CCCC. The first-order valence-electron chi connectivity index (χ1n) is 4.26. The lowest BCUT2D eigenvalue weighted by Gasteiger charge is -2.12. The molecule has 0 N–H and O–H groups in total. The number of carbonyl (C=O) groups excluding carboxylic acids is 1. The quantitative estimate of drug-likeness (QED) is 0.376. The van der Waals surface area contributed by atoms with Crippen LogP contribution in [0.5, 0.6) is 0 Å². The second-order valence-electron chi connectivity index (χ2n) is 2.48. The Kier molecular flexibility index (Phi) is 8.35. The molecule has 0 spiro atoms. The van der Waals surface area contributed by atoms with Gasteiger partial charge in [0.2, 0.25) is 0 Å². The van der Waals surface area contributed by atoms with Crippen LogP contribution in [0.15, 0.2) is 12.0 Å². The molecule has 0 saturated heterocycles. The molecule has 2 nitrogen and oxygen atoms in total. The monoisotopic (exact) mass is 222 g/mol. The average molecular weight is 223 g/mol. The molecule has 76 valence electrons. The molecule has 0 radical (unpaired) electrons. The molecule has 0 aliphatic carbocycles. The molecule has 0 heterocycles. The molecule has 0 aromatic rings. The number of esters is 1. The van der Waals surface area contributed by atoms with E-state index in [1.165, 1.54) is 11.8 Å². The molecule has 1 atom stereocenters. The predicted molar refractivity (Wildman–Crippen MR) is 57.9 cm³/mol. The van der Waals surface area contributed by atoms with Gasteiger partial charge < -0.3 is 4.74 Å². The van der Waals surface area contributed by atoms with Crippen LogP contribution in [-0.4, -0.2) is 17.3 Å². The van der Waals surface area contributed by atoms with Gasteiger partial charge in [0.05, 0.1) is 5.88 Å². The van der Waals surface area contributed by atoms with Crippen LogP contribution in [0, 0.1) is 0 Å². The Hall–Kier alpha value is -0.150. The number of hydrogen-bond donors (Lipinski definition) is 0. The zero-order valence-corrected chi connectivity index (χ0v) is 9.37. The van der Waals surface area contributed by atoms with Crippen molar-refractivity contribution < 1.29 is 9.53 Å². The van der Waals surface area contributed by atoms with Gasteiger partial charge in [-0.2, -0.15) is 0 Å². The molecule has 4 heteroatoms. The predicted octanol–water partition coefficient (Wildman–Crippen LogP) is 3.16. The summed E-state index contributed by atoms with van der Waals surface area (Å²) in [6, 6.07) is 0. The minimum Gasteiger partial charge on any atom is -0.450 e. The summed E-state index contributed by atoms with van der Waals surface area (Å²) in [7, 11) is 0. The fourth-order valence-corrected chi connectivity index (χ4v) is 1.46. The Labute approximate surface area is 88.7 Å². The maximum Gasteiger partial charge on any atom is 0.306 e. The van der Waals surface area contributed by atoms with Gasteiger partial charge in [-0.05, 0) is 11.8 Å². The molecule has 0 aromatic carbocycles. The Morgan fingerprint density at radius 3 is 2.92 bits per heavy atom. The Balaban J connectivity index is 3.65. The average Bonchev–Trinajstić information content (AvgIpc) is 2.14. The van der Waals surface area contributed by atoms with Crippen molar-refractivity contribution in [2.75, 3.05) is 5.88 Å². The topological polar surface area (TPSA) is 26.3 Å². The fraction of sp³-hybridized carbons (Fsp3) is 0.667. The van der Waals surface area contributed by atoms with Gasteiger partial charge >= 0.3 is 5.97 Å². The van der Waals surface area contributed by atoms with Gasteiger partial charge in [0, 0.05) is 6.42 Å². The lowest BCUT2D eigenvalue weighted by molar-refractivity contribution is -0.144. The van der Waals surface area contributed by atoms with Crippen LogP contribution < -0.4 is 0 Å². The molecule has 13 heavy (non-hydrogen) atoms. The van der Waals surface area contributed by atoms with E-state index in [9.17, 15) is 4.79 Å². The first kappa shape index (κ1) is 12.8. The van der Waals surface area contributed by atoms with E-state index >= 15 is 0 Å². The largest absolute Gasteiger partial charge is 0.450 e. The van der Waals surface area contributed by atoms with Crippen LogP contribution in [0.2, 0.25) is 0 Å². The maximum absolute atomic E-state index is 11.1. The molecule has 0 aromatic heterocycles. The molecule has 0 saturated carbocycles. The van der Waals surface area contributed by atoms with Crippen LogP contribution >= 0.6 is 23.4 Å². The highest BCUT2D eigenvalue weighted by Gasteiger charge is 2.11. The van der Waals surface area contributed by atoms with E-state index in [-0.39, 0.29) is 11.4 Å². The van der Waals surface area contributed by atoms with E-state index in [1.807, 2.05) is 6.92 Å². The Morgan fingerprint density at radius 1 is 1.77 bits per heavy atom. The minimum absolute atomic E-state index is 0.179. The van der Waals surface area contributed by atoms with Crippen molar-refractivity contribution in [1.29, 1.82) is 0 Å². The third-order valence-electron chi connectivity index (χ3n) is 1.37. The van der Waals surface area contributed by atoms with Gasteiger partial charge in [0.25, 0.3) is 0 Å². The number of halogens is 1. The van der Waals surface area contributed by atoms with E-state index in [1.54, 1.807) is 5.41 Å². The van der Waals surface area contributed by atoms with Crippen molar-refractivity contribution in [3.8, 4) is 0 Å². The Morgan fingerprint density at radius 2 is 2.46 bits per heavy atom. The third-order valence-corrected chi connectivity index (χ3v) is 2.59. The van der Waals surface area contributed by atoms with Gasteiger partial charge in [-0.15, -0.1) is 11.6 Å². The van der Waals surface area contributed by atoms with Crippen LogP contribution in [0.25, 0.3) is 0 Å².